The molecule has 6 heteroatoms. The fourth-order valence-electron chi connectivity index (χ4n) is 1.43. The van der Waals surface area contributed by atoms with Crippen LogP contribution in [0.15, 0.2) is 27.3 Å². The van der Waals surface area contributed by atoms with E-state index in [9.17, 15) is 4.79 Å². The van der Waals surface area contributed by atoms with E-state index in [2.05, 4.69) is 15.9 Å². The van der Waals surface area contributed by atoms with Gasteiger partial charge in [0.05, 0.1) is 0 Å². The van der Waals surface area contributed by atoms with Crippen LogP contribution in [0.2, 0.25) is 0 Å². The van der Waals surface area contributed by atoms with E-state index in [1.165, 1.54) is 11.3 Å². The Balaban J connectivity index is 2.12. The number of aryl methyl sites for hydroxylation is 1. The molecule has 0 aliphatic carbocycles. The van der Waals surface area contributed by atoms with Gasteiger partial charge in [-0.05, 0) is 40.5 Å². The van der Waals surface area contributed by atoms with E-state index in [1.807, 2.05) is 6.92 Å². The Morgan fingerprint density at radius 1 is 1.56 bits per heavy atom. The molecule has 18 heavy (non-hydrogen) atoms. The molecule has 2 rings (SSSR count). The number of aromatic carboxylic acids is 1. The minimum Gasteiger partial charge on any atom is -0.484 e. The summed E-state index contributed by atoms with van der Waals surface area (Å²) < 4.78 is 11.4. The van der Waals surface area contributed by atoms with Gasteiger partial charge in [0.1, 0.15) is 18.1 Å². The molecule has 0 aromatic carbocycles. The van der Waals surface area contributed by atoms with Crippen LogP contribution >= 0.6 is 27.3 Å². The van der Waals surface area contributed by atoms with Gasteiger partial charge in [0.2, 0.25) is 0 Å². The van der Waals surface area contributed by atoms with E-state index < -0.39 is 5.97 Å². The molecule has 4 nitrogen and oxygen atoms in total. The van der Waals surface area contributed by atoms with E-state index in [0.717, 1.165) is 11.3 Å². The van der Waals surface area contributed by atoms with Crippen molar-refractivity contribution in [1.82, 2.24) is 0 Å². The average Bonchev–Trinajstić information content (AvgIpc) is 2.92. The molecule has 0 saturated carbocycles. The van der Waals surface area contributed by atoms with Crippen LogP contribution in [-0.4, -0.2) is 11.1 Å². The van der Waals surface area contributed by atoms with Crippen molar-refractivity contribution >= 4 is 33.2 Å². The summed E-state index contributed by atoms with van der Waals surface area (Å²) >= 11 is 4.44. The van der Waals surface area contributed by atoms with Crippen LogP contribution in [-0.2, 0) is 13.0 Å². The fraction of sp³-hybridized carbons (Fsp3) is 0.250. The molecule has 0 aliphatic rings. The Labute approximate surface area is 116 Å². The summed E-state index contributed by atoms with van der Waals surface area (Å²) in [6.07, 6.45) is 0.792. The number of halogens is 1. The quantitative estimate of drug-likeness (QED) is 0.901. The number of carbonyl (C=O) groups is 1. The molecule has 0 atom stereocenters. The first-order valence-electron chi connectivity index (χ1n) is 5.33. The van der Waals surface area contributed by atoms with Gasteiger partial charge in [0, 0.05) is 4.88 Å². The number of hydrogen-bond acceptors (Lipinski definition) is 4. The highest BCUT2D eigenvalue weighted by molar-refractivity contribution is 9.10. The van der Waals surface area contributed by atoms with Gasteiger partial charge in [-0.25, -0.2) is 4.79 Å². The summed E-state index contributed by atoms with van der Waals surface area (Å²) in [7, 11) is 0. The summed E-state index contributed by atoms with van der Waals surface area (Å²) in [6.45, 7) is 2.19. The van der Waals surface area contributed by atoms with Crippen molar-refractivity contribution in [2.24, 2.45) is 0 Å². The van der Waals surface area contributed by atoms with Crippen molar-refractivity contribution in [3.63, 3.8) is 0 Å². The molecule has 96 valence electrons. The zero-order chi connectivity index (χ0) is 13.1. The molecule has 0 radical (unpaired) electrons. The largest absolute Gasteiger partial charge is 0.484 e. The number of rotatable bonds is 5. The number of hydrogen-bond donors (Lipinski definition) is 1. The zero-order valence-corrected chi connectivity index (χ0v) is 12.0. The van der Waals surface area contributed by atoms with Gasteiger partial charge in [-0.3, -0.25) is 0 Å². The summed E-state index contributed by atoms with van der Waals surface area (Å²) in [5.74, 6) is 0.0784. The SMILES string of the molecule is CCc1cc(OCc2ccc(Br)o2)c(C(=O)O)s1. The van der Waals surface area contributed by atoms with Crippen LogP contribution in [0, 0.1) is 0 Å². The maximum absolute atomic E-state index is 11.1. The van der Waals surface area contributed by atoms with Crippen molar-refractivity contribution in [2.45, 2.75) is 20.0 Å². The van der Waals surface area contributed by atoms with Gasteiger partial charge in [0.15, 0.2) is 9.55 Å². The maximum atomic E-state index is 11.1. The molecular formula is C12H11BrO4S. The molecule has 0 bridgehead atoms. The predicted molar refractivity (Wildman–Crippen MR) is 71.4 cm³/mol. The van der Waals surface area contributed by atoms with Crippen LogP contribution in [0.4, 0.5) is 0 Å². The smallest absolute Gasteiger partial charge is 0.349 e. The molecule has 2 heterocycles. The Hall–Kier alpha value is -1.27. The van der Waals surface area contributed by atoms with E-state index in [-0.39, 0.29) is 11.5 Å². The summed E-state index contributed by atoms with van der Waals surface area (Å²) in [5, 5.41) is 9.08. The Bertz CT molecular complexity index is 558. The number of carboxylic acids is 1. The Morgan fingerprint density at radius 2 is 2.33 bits per heavy atom. The third-order valence-electron chi connectivity index (χ3n) is 2.29. The highest BCUT2D eigenvalue weighted by atomic mass is 79.9. The zero-order valence-electron chi connectivity index (χ0n) is 9.60. The van der Waals surface area contributed by atoms with Gasteiger partial charge < -0.3 is 14.3 Å². The van der Waals surface area contributed by atoms with Crippen LogP contribution in [0.3, 0.4) is 0 Å². The van der Waals surface area contributed by atoms with Crippen LogP contribution in [0.5, 0.6) is 5.75 Å². The third-order valence-corrected chi connectivity index (χ3v) is 3.97. The number of carboxylic acid groups (broad SMARTS) is 1. The second-order valence-electron chi connectivity index (χ2n) is 3.56. The van der Waals surface area contributed by atoms with Gasteiger partial charge in [-0.2, -0.15) is 0 Å². The van der Waals surface area contributed by atoms with Crippen LogP contribution < -0.4 is 4.74 Å². The second kappa shape index (κ2) is 5.58. The van der Waals surface area contributed by atoms with E-state index in [0.29, 0.717) is 16.2 Å². The molecular weight excluding hydrogens is 320 g/mol. The summed E-state index contributed by atoms with van der Waals surface area (Å²) in [4.78, 5) is 12.3. The van der Waals surface area contributed by atoms with Gasteiger partial charge in [0.25, 0.3) is 0 Å². The summed E-state index contributed by atoms with van der Waals surface area (Å²) in [6, 6.07) is 5.31. The Kier molecular flexibility index (Phi) is 4.08. The van der Waals surface area contributed by atoms with E-state index >= 15 is 0 Å². The molecule has 2 aromatic heterocycles. The monoisotopic (exact) mass is 330 g/mol. The van der Waals surface area contributed by atoms with E-state index in [4.69, 9.17) is 14.3 Å². The lowest BCUT2D eigenvalue weighted by Crippen LogP contribution is -1.99. The van der Waals surface area contributed by atoms with Crippen molar-refractivity contribution in [3.05, 3.63) is 38.4 Å². The normalized spacial score (nSPS) is 10.6. The highest BCUT2D eigenvalue weighted by Crippen LogP contribution is 2.30. The predicted octanol–water partition coefficient (Wildman–Crippen LogP) is 3.94. The minimum absolute atomic E-state index is 0.214. The first-order valence-corrected chi connectivity index (χ1v) is 6.94. The number of furan rings is 1. The maximum Gasteiger partial charge on any atom is 0.349 e. The molecule has 0 aliphatic heterocycles. The first kappa shape index (κ1) is 13.2. The molecule has 0 amide bonds. The highest BCUT2D eigenvalue weighted by Gasteiger charge is 2.16. The third kappa shape index (κ3) is 2.94. The lowest BCUT2D eigenvalue weighted by molar-refractivity contribution is 0.0697. The van der Waals surface area contributed by atoms with Crippen molar-refractivity contribution in [2.75, 3.05) is 0 Å². The van der Waals surface area contributed by atoms with E-state index in [1.54, 1.807) is 18.2 Å². The van der Waals surface area contributed by atoms with Gasteiger partial charge >= 0.3 is 5.97 Å². The fourth-order valence-corrected chi connectivity index (χ4v) is 2.65. The van der Waals surface area contributed by atoms with Crippen molar-refractivity contribution in [1.29, 1.82) is 0 Å². The number of thiophene rings is 1. The van der Waals surface area contributed by atoms with Crippen LogP contribution in [0.25, 0.3) is 0 Å². The van der Waals surface area contributed by atoms with Crippen molar-refractivity contribution in [3.8, 4) is 5.75 Å². The lowest BCUT2D eigenvalue weighted by atomic mass is 10.3. The molecule has 1 N–H and O–H groups in total. The molecule has 0 unspecified atom stereocenters. The minimum atomic E-state index is -0.963. The molecule has 0 spiro atoms. The number of ether oxygens (including phenoxy) is 1. The Morgan fingerprint density at radius 3 is 2.89 bits per heavy atom. The average molecular weight is 331 g/mol. The van der Waals surface area contributed by atoms with Crippen molar-refractivity contribution < 1.29 is 19.1 Å². The lowest BCUT2D eigenvalue weighted by Gasteiger charge is -2.02. The molecule has 2 aromatic rings. The molecule has 0 fully saturated rings. The van der Waals surface area contributed by atoms with Crippen LogP contribution in [0.1, 0.15) is 27.2 Å². The topological polar surface area (TPSA) is 59.7 Å². The standard InChI is InChI=1S/C12H11BrO4S/c1-2-8-5-9(11(18-8)12(14)15)16-6-7-3-4-10(13)17-7/h3-5H,2,6H2,1H3,(H,14,15). The van der Waals surface area contributed by atoms with Gasteiger partial charge in [-0.1, -0.05) is 6.92 Å². The second-order valence-corrected chi connectivity index (χ2v) is 5.48. The summed E-state index contributed by atoms with van der Waals surface area (Å²) in [5.41, 5.74) is 0. The van der Waals surface area contributed by atoms with Gasteiger partial charge in [-0.15, -0.1) is 11.3 Å². The first-order chi connectivity index (χ1) is 8.60. The molecule has 0 saturated heterocycles.